The van der Waals surface area contributed by atoms with Crippen molar-refractivity contribution in [2.75, 3.05) is 5.73 Å². The van der Waals surface area contributed by atoms with E-state index in [0.29, 0.717) is 5.92 Å². The second-order valence-corrected chi connectivity index (χ2v) is 5.23. The lowest BCUT2D eigenvalue weighted by Gasteiger charge is -2.06. The van der Waals surface area contributed by atoms with Crippen molar-refractivity contribution >= 4 is 5.82 Å². The highest BCUT2D eigenvalue weighted by molar-refractivity contribution is 5.44. The lowest BCUT2D eigenvalue weighted by molar-refractivity contribution is 0.679. The third-order valence-electron chi connectivity index (χ3n) is 3.78. The summed E-state index contributed by atoms with van der Waals surface area (Å²) in [6, 6.07) is 10.3. The highest BCUT2D eigenvalue weighted by Crippen LogP contribution is 2.34. The Morgan fingerprint density at radius 2 is 2.00 bits per heavy atom. The van der Waals surface area contributed by atoms with Crippen molar-refractivity contribution in [2.24, 2.45) is 0 Å². The Morgan fingerprint density at radius 3 is 2.72 bits per heavy atom. The summed E-state index contributed by atoms with van der Waals surface area (Å²) in [5.74, 6) is 1.35. The molecular weight excluding hydrogens is 222 g/mol. The molecule has 0 radical (unpaired) electrons. The zero-order chi connectivity index (χ0) is 12.5. The van der Waals surface area contributed by atoms with Gasteiger partial charge in [-0.15, -0.1) is 0 Å². The zero-order valence-corrected chi connectivity index (χ0v) is 10.8. The minimum absolute atomic E-state index is 0.610. The molecule has 2 N–H and O–H groups in total. The number of nitrogen functional groups attached to an aromatic ring is 1. The summed E-state index contributed by atoms with van der Waals surface area (Å²) >= 11 is 0. The molecule has 3 rings (SSSR count). The Morgan fingerprint density at radius 1 is 1.22 bits per heavy atom. The van der Waals surface area contributed by atoms with Crippen LogP contribution in [0, 0.1) is 6.92 Å². The molecule has 1 aromatic heterocycles. The molecule has 18 heavy (non-hydrogen) atoms. The number of hydrogen-bond acceptors (Lipinski definition) is 2. The number of hydrogen-bond donors (Lipinski definition) is 1. The number of benzene rings is 1. The van der Waals surface area contributed by atoms with Crippen LogP contribution in [0.15, 0.2) is 30.3 Å². The molecule has 3 heteroatoms. The molecule has 0 unspecified atom stereocenters. The van der Waals surface area contributed by atoms with Gasteiger partial charge in [0.1, 0.15) is 5.82 Å². The van der Waals surface area contributed by atoms with E-state index in [1.165, 1.54) is 31.2 Å². The van der Waals surface area contributed by atoms with E-state index in [2.05, 4.69) is 25.1 Å². The first kappa shape index (κ1) is 11.3. The van der Waals surface area contributed by atoms with Crippen molar-refractivity contribution in [2.45, 2.75) is 38.5 Å². The van der Waals surface area contributed by atoms with E-state index in [0.717, 1.165) is 17.2 Å². The minimum atomic E-state index is 0.610. The van der Waals surface area contributed by atoms with Crippen LogP contribution in [0.4, 0.5) is 5.82 Å². The number of rotatable bonds is 2. The molecule has 0 bridgehead atoms. The van der Waals surface area contributed by atoms with Gasteiger partial charge in [-0.05, 0) is 37.5 Å². The first-order valence-corrected chi connectivity index (χ1v) is 6.66. The van der Waals surface area contributed by atoms with Crippen molar-refractivity contribution < 1.29 is 0 Å². The first-order valence-electron chi connectivity index (χ1n) is 6.66. The Bertz CT molecular complexity index is 551. The standard InChI is InChI=1S/C15H19N3/c1-11-5-4-8-13(9-11)18-15(16)10-14(17-18)12-6-2-3-7-12/h4-5,8-10,12H,2-3,6-7,16H2,1H3. The van der Waals surface area contributed by atoms with Crippen LogP contribution in [0.25, 0.3) is 5.69 Å². The van der Waals surface area contributed by atoms with Crippen LogP contribution in [-0.2, 0) is 0 Å². The Balaban J connectivity index is 1.97. The van der Waals surface area contributed by atoms with Gasteiger partial charge in [-0.3, -0.25) is 0 Å². The molecule has 0 aliphatic heterocycles. The molecule has 94 valence electrons. The third-order valence-corrected chi connectivity index (χ3v) is 3.78. The van der Waals surface area contributed by atoms with Gasteiger partial charge in [-0.25, -0.2) is 4.68 Å². The van der Waals surface area contributed by atoms with Crippen molar-refractivity contribution in [3.63, 3.8) is 0 Å². The van der Waals surface area contributed by atoms with Gasteiger partial charge < -0.3 is 5.73 Å². The van der Waals surface area contributed by atoms with Gasteiger partial charge in [0.25, 0.3) is 0 Å². The largest absolute Gasteiger partial charge is 0.384 e. The van der Waals surface area contributed by atoms with Crippen LogP contribution in [0.3, 0.4) is 0 Å². The number of nitrogens with two attached hydrogens (primary N) is 1. The maximum absolute atomic E-state index is 6.09. The van der Waals surface area contributed by atoms with Crippen LogP contribution in [-0.4, -0.2) is 9.78 Å². The fourth-order valence-electron chi connectivity index (χ4n) is 2.80. The Kier molecular flexibility index (Phi) is 2.82. The summed E-state index contributed by atoms with van der Waals surface area (Å²) in [5.41, 5.74) is 9.53. The van der Waals surface area contributed by atoms with Gasteiger partial charge in [-0.1, -0.05) is 25.0 Å². The van der Waals surface area contributed by atoms with Crippen molar-refractivity contribution in [1.29, 1.82) is 0 Å². The summed E-state index contributed by atoms with van der Waals surface area (Å²) in [4.78, 5) is 0. The summed E-state index contributed by atoms with van der Waals surface area (Å²) in [6.07, 6.45) is 5.15. The molecule has 1 aliphatic rings. The van der Waals surface area contributed by atoms with Crippen molar-refractivity contribution in [3.05, 3.63) is 41.6 Å². The van der Waals surface area contributed by atoms with Gasteiger partial charge in [-0.2, -0.15) is 5.10 Å². The van der Waals surface area contributed by atoms with E-state index in [-0.39, 0.29) is 0 Å². The molecular formula is C15H19N3. The average molecular weight is 241 g/mol. The zero-order valence-electron chi connectivity index (χ0n) is 10.8. The maximum atomic E-state index is 6.09. The van der Waals surface area contributed by atoms with E-state index >= 15 is 0 Å². The van der Waals surface area contributed by atoms with Crippen LogP contribution in [0.2, 0.25) is 0 Å². The summed E-state index contributed by atoms with van der Waals surface area (Å²) in [6.45, 7) is 2.08. The summed E-state index contributed by atoms with van der Waals surface area (Å²) in [5, 5.41) is 4.69. The fraction of sp³-hybridized carbons (Fsp3) is 0.400. The van der Waals surface area contributed by atoms with Crippen molar-refractivity contribution in [1.82, 2.24) is 9.78 Å². The van der Waals surface area contributed by atoms with E-state index in [1.807, 2.05) is 16.8 Å². The SMILES string of the molecule is Cc1cccc(-n2nc(C3CCCC3)cc2N)c1. The molecule has 0 atom stereocenters. The molecule has 1 saturated carbocycles. The minimum Gasteiger partial charge on any atom is -0.384 e. The summed E-state index contributed by atoms with van der Waals surface area (Å²) < 4.78 is 1.86. The lowest BCUT2D eigenvalue weighted by Crippen LogP contribution is -2.02. The topological polar surface area (TPSA) is 43.8 Å². The number of anilines is 1. The predicted octanol–water partition coefficient (Wildman–Crippen LogP) is 3.42. The average Bonchev–Trinajstić information content (AvgIpc) is 2.97. The van der Waals surface area contributed by atoms with Gasteiger partial charge >= 0.3 is 0 Å². The monoisotopic (exact) mass is 241 g/mol. The third kappa shape index (κ3) is 2.01. The van der Waals surface area contributed by atoms with E-state index in [4.69, 9.17) is 10.8 Å². The van der Waals surface area contributed by atoms with Gasteiger partial charge in [0.2, 0.25) is 0 Å². The molecule has 1 heterocycles. The van der Waals surface area contributed by atoms with Gasteiger partial charge in [0, 0.05) is 12.0 Å². The first-order chi connectivity index (χ1) is 8.74. The number of nitrogens with zero attached hydrogens (tertiary/aromatic N) is 2. The second-order valence-electron chi connectivity index (χ2n) is 5.23. The fourth-order valence-corrected chi connectivity index (χ4v) is 2.80. The molecule has 0 saturated heterocycles. The highest BCUT2D eigenvalue weighted by Gasteiger charge is 2.20. The molecule has 1 fully saturated rings. The molecule has 3 nitrogen and oxygen atoms in total. The van der Waals surface area contributed by atoms with Gasteiger partial charge in [0.15, 0.2) is 0 Å². The second kappa shape index (κ2) is 4.48. The predicted molar refractivity (Wildman–Crippen MR) is 73.9 cm³/mol. The highest BCUT2D eigenvalue weighted by atomic mass is 15.3. The quantitative estimate of drug-likeness (QED) is 0.875. The van der Waals surface area contributed by atoms with Crippen LogP contribution in [0.5, 0.6) is 0 Å². The Labute approximate surface area is 108 Å². The van der Waals surface area contributed by atoms with Crippen LogP contribution >= 0.6 is 0 Å². The molecule has 0 amide bonds. The molecule has 1 aromatic carbocycles. The van der Waals surface area contributed by atoms with Crippen LogP contribution in [0.1, 0.15) is 42.9 Å². The van der Waals surface area contributed by atoms with E-state index in [9.17, 15) is 0 Å². The molecule has 0 spiro atoms. The Hall–Kier alpha value is -1.77. The van der Waals surface area contributed by atoms with Gasteiger partial charge in [0.05, 0.1) is 11.4 Å². The van der Waals surface area contributed by atoms with Crippen LogP contribution < -0.4 is 5.73 Å². The normalized spacial score (nSPS) is 16.3. The molecule has 1 aliphatic carbocycles. The number of aromatic nitrogens is 2. The van der Waals surface area contributed by atoms with Crippen molar-refractivity contribution in [3.8, 4) is 5.69 Å². The number of aryl methyl sites for hydroxylation is 1. The maximum Gasteiger partial charge on any atom is 0.127 e. The van der Waals surface area contributed by atoms with E-state index < -0.39 is 0 Å². The molecule has 2 aromatic rings. The lowest BCUT2D eigenvalue weighted by atomic mass is 10.1. The smallest absolute Gasteiger partial charge is 0.127 e. The van der Waals surface area contributed by atoms with E-state index in [1.54, 1.807) is 0 Å². The summed E-state index contributed by atoms with van der Waals surface area (Å²) in [7, 11) is 0.